The Morgan fingerprint density at radius 3 is 2.55 bits per heavy atom. The summed E-state index contributed by atoms with van der Waals surface area (Å²) in [5, 5.41) is 0. The van der Waals surface area contributed by atoms with E-state index in [0.717, 1.165) is 30.2 Å². The third-order valence-corrected chi connectivity index (χ3v) is 3.15. The van der Waals surface area contributed by atoms with Crippen molar-refractivity contribution in [1.29, 1.82) is 0 Å². The number of hydrogen-bond donors (Lipinski definition) is 2. The van der Waals surface area contributed by atoms with Gasteiger partial charge in [-0.15, -0.1) is 0 Å². The van der Waals surface area contributed by atoms with Crippen LogP contribution in [-0.2, 0) is 13.0 Å². The first-order valence-corrected chi connectivity index (χ1v) is 6.59. The second-order valence-electron chi connectivity index (χ2n) is 4.65. The van der Waals surface area contributed by atoms with E-state index in [9.17, 15) is 0 Å². The first-order valence-electron chi connectivity index (χ1n) is 6.59. The number of anilines is 2. The number of nitrogens with one attached hydrogen (secondary N) is 1. The molecular formula is C14H20N6. The van der Waals surface area contributed by atoms with E-state index in [1.807, 2.05) is 33.0 Å². The zero-order chi connectivity index (χ0) is 14.5. The van der Waals surface area contributed by atoms with Crippen LogP contribution in [0.25, 0.3) is 0 Å². The summed E-state index contributed by atoms with van der Waals surface area (Å²) in [6, 6.07) is 3.99. The summed E-state index contributed by atoms with van der Waals surface area (Å²) in [7, 11) is 2.01. The second kappa shape index (κ2) is 6.29. The van der Waals surface area contributed by atoms with E-state index in [0.29, 0.717) is 5.82 Å². The van der Waals surface area contributed by atoms with Crippen molar-refractivity contribution >= 4 is 11.6 Å². The van der Waals surface area contributed by atoms with Crippen LogP contribution in [0.2, 0.25) is 0 Å². The van der Waals surface area contributed by atoms with Crippen LogP contribution in [-0.4, -0.2) is 22.0 Å². The molecule has 0 aliphatic carbocycles. The lowest BCUT2D eigenvalue weighted by molar-refractivity contribution is 0.848. The van der Waals surface area contributed by atoms with E-state index in [4.69, 9.17) is 5.84 Å². The van der Waals surface area contributed by atoms with Crippen molar-refractivity contribution in [3.05, 3.63) is 41.5 Å². The van der Waals surface area contributed by atoms with Gasteiger partial charge in [0.1, 0.15) is 17.5 Å². The number of aromatic nitrogens is 3. The number of rotatable bonds is 5. The van der Waals surface area contributed by atoms with E-state index in [1.54, 1.807) is 12.4 Å². The Morgan fingerprint density at radius 1 is 1.25 bits per heavy atom. The van der Waals surface area contributed by atoms with E-state index < -0.39 is 0 Å². The predicted molar refractivity (Wildman–Crippen MR) is 80.3 cm³/mol. The van der Waals surface area contributed by atoms with Crippen molar-refractivity contribution in [2.75, 3.05) is 17.4 Å². The van der Waals surface area contributed by atoms with Crippen molar-refractivity contribution in [3.63, 3.8) is 0 Å². The molecule has 2 rings (SSSR count). The van der Waals surface area contributed by atoms with Gasteiger partial charge in [0, 0.05) is 38.0 Å². The maximum atomic E-state index is 5.53. The van der Waals surface area contributed by atoms with E-state index in [1.165, 1.54) is 5.56 Å². The van der Waals surface area contributed by atoms with Crippen LogP contribution >= 0.6 is 0 Å². The molecule has 3 N–H and O–H groups in total. The number of nitrogen functional groups attached to an aromatic ring is 1. The van der Waals surface area contributed by atoms with Gasteiger partial charge in [0.05, 0.1) is 0 Å². The fraction of sp³-hybridized carbons (Fsp3) is 0.357. The Kier molecular flexibility index (Phi) is 4.47. The molecule has 0 aliphatic heterocycles. The van der Waals surface area contributed by atoms with Gasteiger partial charge in [-0.3, -0.25) is 4.98 Å². The summed E-state index contributed by atoms with van der Waals surface area (Å²) in [6.07, 6.45) is 4.35. The lowest BCUT2D eigenvalue weighted by atomic mass is 10.2. The molecule has 0 atom stereocenters. The van der Waals surface area contributed by atoms with Crippen LogP contribution in [0.5, 0.6) is 0 Å². The van der Waals surface area contributed by atoms with Crippen LogP contribution in [0.1, 0.15) is 23.9 Å². The maximum Gasteiger partial charge on any atom is 0.148 e. The van der Waals surface area contributed by atoms with Crippen LogP contribution in [0.15, 0.2) is 24.5 Å². The van der Waals surface area contributed by atoms with Crippen LogP contribution in [0, 0.1) is 6.92 Å². The second-order valence-corrected chi connectivity index (χ2v) is 4.65. The third-order valence-electron chi connectivity index (χ3n) is 3.15. The fourth-order valence-corrected chi connectivity index (χ4v) is 2.06. The molecule has 0 amide bonds. The minimum absolute atomic E-state index is 0.674. The number of pyridine rings is 1. The number of aryl methyl sites for hydroxylation is 1. The molecular weight excluding hydrogens is 252 g/mol. The molecule has 0 aromatic carbocycles. The Bertz CT molecular complexity index is 569. The summed E-state index contributed by atoms with van der Waals surface area (Å²) in [5.74, 6) is 7.87. The lowest BCUT2D eigenvalue weighted by Crippen LogP contribution is -2.22. The fourth-order valence-electron chi connectivity index (χ4n) is 2.06. The average molecular weight is 272 g/mol. The quantitative estimate of drug-likeness (QED) is 0.636. The SMILES string of the molecule is CCc1nc(NN)c(C)c(N(C)Cc2ccncc2)n1. The Hall–Kier alpha value is -2.21. The summed E-state index contributed by atoms with van der Waals surface area (Å²) in [6.45, 7) is 4.75. The number of nitrogens with two attached hydrogens (primary N) is 1. The number of hydrogen-bond acceptors (Lipinski definition) is 6. The van der Waals surface area contributed by atoms with Crippen molar-refractivity contribution in [2.45, 2.75) is 26.8 Å². The standard InChI is InChI=1S/C14H20N6/c1-4-12-17-13(19-15)10(2)14(18-12)20(3)9-11-5-7-16-8-6-11/h5-8H,4,9,15H2,1-3H3,(H,17,18,19). The molecule has 0 unspecified atom stereocenters. The molecule has 0 fully saturated rings. The minimum Gasteiger partial charge on any atom is -0.355 e. The van der Waals surface area contributed by atoms with Crippen molar-refractivity contribution in [1.82, 2.24) is 15.0 Å². The van der Waals surface area contributed by atoms with E-state index in [2.05, 4.69) is 25.3 Å². The Balaban J connectivity index is 2.31. The highest BCUT2D eigenvalue weighted by Gasteiger charge is 2.13. The van der Waals surface area contributed by atoms with Gasteiger partial charge in [0.15, 0.2) is 0 Å². The molecule has 2 aromatic rings. The van der Waals surface area contributed by atoms with Crippen LogP contribution < -0.4 is 16.2 Å². The van der Waals surface area contributed by atoms with Gasteiger partial charge in [0.25, 0.3) is 0 Å². The molecule has 20 heavy (non-hydrogen) atoms. The predicted octanol–water partition coefficient (Wildman–Crippen LogP) is 1.66. The zero-order valence-corrected chi connectivity index (χ0v) is 12.1. The van der Waals surface area contributed by atoms with Crippen molar-refractivity contribution < 1.29 is 0 Å². The maximum absolute atomic E-state index is 5.53. The summed E-state index contributed by atoms with van der Waals surface area (Å²) in [4.78, 5) is 15.1. The third kappa shape index (κ3) is 3.03. The van der Waals surface area contributed by atoms with Crippen molar-refractivity contribution in [3.8, 4) is 0 Å². The lowest BCUT2D eigenvalue weighted by Gasteiger charge is -2.22. The van der Waals surface area contributed by atoms with Gasteiger partial charge in [-0.2, -0.15) is 0 Å². The number of hydrazine groups is 1. The van der Waals surface area contributed by atoms with Gasteiger partial charge in [-0.1, -0.05) is 6.92 Å². The van der Waals surface area contributed by atoms with Gasteiger partial charge in [0.2, 0.25) is 0 Å². The van der Waals surface area contributed by atoms with Crippen LogP contribution in [0.3, 0.4) is 0 Å². The highest BCUT2D eigenvalue weighted by Crippen LogP contribution is 2.23. The van der Waals surface area contributed by atoms with E-state index >= 15 is 0 Å². The Morgan fingerprint density at radius 2 is 1.95 bits per heavy atom. The molecule has 0 saturated heterocycles. The highest BCUT2D eigenvalue weighted by atomic mass is 15.3. The summed E-state index contributed by atoms with van der Waals surface area (Å²) in [5.41, 5.74) is 4.77. The molecule has 106 valence electrons. The normalized spacial score (nSPS) is 10.4. The highest BCUT2D eigenvalue weighted by molar-refractivity contribution is 5.58. The molecule has 0 aliphatic rings. The van der Waals surface area contributed by atoms with Crippen molar-refractivity contribution in [2.24, 2.45) is 5.84 Å². The largest absolute Gasteiger partial charge is 0.355 e. The monoisotopic (exact) mass is 272 g/mol. The molecule has 6 nitrogen and oxygen atoms in total. The Labute approximate surface area is 119 Å². The average Bonchev–Trinajstić information content (AvgIpc) is 2.48. The molecule has 6 heteroatoms. The summed E-state index contributed by atoms with van der Waals surface area (Å²) < 4.78 is 0. The molecule has 2 aromatic heterocycles. The van der Waals surface area contributed by atoms with Gasteiger partial charge < -0.3 is 10.3 Å². The topological polar surface area (TPSA) is 80.0 Å². The molecule has 0 spiro atoms. The first kappa shape index (κ1) is 14.2. The van der Waals surface area contributed by atoms with E-state index in [-0.39, 0.29) is 0 Å². The molecule has 2 heterocycles. The van der Waals surface area contributed by atoms with Crippen LogP contribution in [0.4, 0.5) is 11.6 Å². The van der Waals surface area contributed by atoms with Gasteiger partial charge >= 0.3 is 0 Å². The summed E-state index contributed by atoms with van der Waals surface area (Å²) >= 11 is 0. The van der Waals surface area contributed by atoms with Gasteiger partial charge in [-0.25, -0.2) is 15.8 Å². The zero-order valence-electron chi connectivity index (χ0n) is 12.1. The number of nitrogens with zero attached hydrogens (tertiary/aromatic N) is 4. The minimum atomic E-state index is 0.674. The molecule has 0 radical (unpaired) electrons. The first-order chi connectivity index (χ1) is 9.65. The molecule has 0 bridgehead atoms. The molecule has 0 saturated carbocycles. The smallest absolute Gasteiger partial charge is 0.148 e. The van der Waals surface area contributed by atoms with Gasteiger partial charge in [-0.05, 0) is 24.6 Å².